The monoisotopic (exact) mass is 257 g/mol. The quantitative estimate of drug-likeness (QED) is 0.750. The van der Waals surface area contributed by atoms with Gasteiger partial charge in [-0.05, 0) is 12.8 Å². The van der Waals surface area contributed by atoms with Crippen molar-refractivity contribution in [1.29, 1.82) is 0 Å². The summed E-state index contributed by atoms with van der Waals surface area (Å²) in [5, 5.41) is 18.6. The highest BCUT2D eigenvalue weighted by atomic mass is 16.4. The van der Waals surface area contributed by atoms with Gasteiger partial charge in [-0.1, -0.05) is 26.7 Å². The number of amides is 1. The van der Waals surface area contributed by atoms with Crippen molar-refractivity contribution in [3.05, 3.63) is 0 Å². The van der Waals surface area contributed by atoms with Crippen LogP contribution in [0.4, 0.5) is 0 Å². The highest BCUT2D eigenvalue weighted by Gasteiger charge is 2.40. The zero-order chi connectivity index (χ0) is 13.7. The van der Waals surface area contributed by atoms with Gasteiger partial charge in [0, 0.05) is 18.9 Å². The summed E-state index contributed by atoms with van der Waals surface area (Å²) in [5.41, 5.74) is 0. The highest BCUT2D eigenvalue weighted by molar-refractivity contribution is 5.85. The predicted molar refractivity (Wildman–Crippen MR) is 67.1 cm³/mol. The third-order valence-electron chi connectivity index (χ3n) is 3.60. The Balaban J connectivity index is 2.70. The first kappa shape index (κ1) is 15.0. The molecule has 1 fully saturated rings. The molecule has 0 spiro atoms. The van der Waals surface area contributed by atoms with Crippen LogP contribution in [0.25, 0.3) is 0 Å². The molecule has 1 amide bonds. The van der Waals surface area contributed by atoms with Gasteiger partial charge < -0.3 is 15.1 Å². The van der Waals surface area contributed by atoms with E-state index >= 15 is 0 Å². The first-order chi connectivity index (χ1) is 8.51. The average Bonchev–Trinajstić information content (AvgIpc) is 2.72. The Kier molecular flexibility index (Phi) is 5.59. The number of aliphatic carboxylic acids is 1. The lowest BCUT2D eigenvalue weighted by atomic mass is 9.97. The smallest absolute Gasteiger partial charge is 0.326 e. The molecule has 1 unspecified atom stereocenters. The molecule has 1 aliphatic rings. The molecule has 2 N–H and O–H groups in total. The van der Waals surface area contributed by atoms with Crippen molar-refractivity contribution >= 4 is 11.9 Å². The normalized spacial score (nSPS) is 25.2. The van der Waals surface area contributed by atoms with Crippen molar-refractivity contribution in [3.8, 4) is 0 Å². The third kappa shape index (κ3) is 3.45. The molecule has 0 radical (unpaired) electrons. The van der Waals surface area contributed by atoms with E-state index in [1.54, 1.807) is 0 Å². The molecule has 5 heteroatoms. The van der Waals surface area contributed by atoms with Gasteiger partial charge in [-0.3, -0.25) is 4.79 Å². The summed E-state index contributed by atoms with van der Waals surface area (Å²) < 4.78 is 0. The maximum atomic E-state index is 12.3. The molecule has 0 aliphatic carbocycles. The van der Waals surface area contributed by atoms with Crippen molar-refractivity contribution < 1.29 is 19.8 Å². The molecule has 1 saturated heterocycles. The molecule has 0 aromatic carbocycles. The van der Waals surface area contributed by atoms with E-state index in [1.807, 2.05) is 6.92 Å². The molecule has 1 aliphatic heterocycles. The molecule has 1 rings (SSSR count). The number of β-amino-alcohol motifs (C(OH)–C–C–N with tert-alkyl or cyclic N) is 1. The number of carbonyl (C=O) groups is 2. The van der Waals surface area contributed by atoms with Crippen LogP contribution < -0.4 is 0 Å². The molecule has 5 nitrogen and oxygen atoms in total. The molecule has 104 valence electrons. The van der Waals surface area contributed by atoms with Gasteiger partial charge in [0.25, 0.3) is 0 Å². The summed E-state index contributed by atoms with van der Waals surface area (Å²) in [6.45, 7) is 4.16. The molecular formula is C13H23NO4. The number of carboxylic acid groups (broad SMARTS) is 1. The summed E-state index contributed by atoms with van der Waals surface area (Å²) in [5.74, 6) is -1.25. The van der Waals surface area contributed by atoms with E-state index in [1.165, 1.54) is 4.90 Å². The maximum absolute atomic E-state index is 12.3. The Morgan fingerprint density at radius 1 is 1.39 bits per heavy atom. The minimum Gasteiger partial charge on any atom is -0.480 e. The summed E-state index contributed by atoms with van der Waals surface area (Å²) in [6.07, 6.45) is 2.94. The molecular weight excluding hydrogens is 234 g/mol. The van der Waals surface area contributed by atoms with E-state index in [2.05, 4.69) is 6.92 Å². The predicted octanol–water partition coefficient (Wildman–Crippen LogP) is 1.25. The van der Waals surface area contributed by atoms with Gasteiger partial charge in [-0.25, -0.2) is 4.79 Å². The summed E-state index contributed by atoms with van der Waals surface area (Å²) in [7, 11) is 0. The zero-order valence-electron chi connectivity index (χ0n) is 11.1. The average molecular weight is 257 g/mol. The summed E-state index contributed by atoms with van der Waals surface area (Å²) in [6, 6.07) is -0.858. The van der Waals surface area contributed by atoms with Crippen molar-refractivity contribution in [2.24, 2.45) is 5.92 Å². The SMILES string of the molecule is CCCCC(CC)C(=O)N1C[C@H](O)C[C@H]1C(=O)O. The van der Waals surface area contributed by atoms with Crippen LogP contribution >= 0.6 is 0 Å². The Morgan fingerprint density at radius 3 is 2.56 bits per heavy atom. The Labute approximate surface area is 108 Å². The molecule has 0 aromatic heterocycles. The Morgan fingerprint density at radius 2 is 2.06 bits per heavy atom. The van der Waals surface area contributed by atoms with E-state index < -0.39 is 18.1 Å². The van der Waals surface area contributed by atoms with E-state index in [0.29, 0.717) is 0 Å². The minimum absolute atomic E-state index is 0.114. The topological polar surface area (TPSA) is 77.8 Å². The number of nitrogens with zero attached hydrogens (tertiary/aromatic N) is 1. The largest absolute Gasteiger partial charge is 0.480 e. The van der Waals surface area contributed by atoms with E-state index in [9.17, 15) is 14.7 Å². The molecule has 0 saturated carbocycles. The van der Waals surface area contributed by atoms with Crippen LogP contribution in [-0.4, -0.2) is 45.7 Å². The lowest BCUT2D eigenvalue weighted by Gasteiger charge is -2.26. The Bertz CT molecular complexity index is 305. The molecule has 1 heterocycles. The lowest BCUT2D eigenvalue weighted by molar-refractivity contribution is -0.150. The van der Waals surface area contributed by atoms with E-state index in [4.69, 9.17) is 5.11 Å². The second kappa shape index (κ2) is 6.73. The molecule has 18 heavy (non-hydrogen) atoms. The fourth-order valence-electron chi connectivity index (χ4n) is 2.48. The van der Waals surface area contributed by atoms with Crippen LogP contribution in [0.3, 0.4) is 0 Å². The van der Waals surface area contributed by atoms with Crippen molar-refractivity contribution in [3.63, 3.8) is 0 Å². The summed E-state index contributed by atoms with van der Waals surface area (Å²) in [4.78, 5) is 24.7. The third-order valence-corrected chi connectivity index (χ3v) is 3.60. The minimum atomic E-state index is -1.02. The number of rotatable bonds is 6. The van der Waals surface area contributed by atoms with Crippen LogP contribution in [-0.2, 0) is 9.59 Å². The first-order valence-electron chi connectivity index (χ1n) is 6.72. The number of hydrogen-bond acceptors (Lipinski definition) is 3. The fraction of sp³-hybridized carbons (Fsp3) is 0.846. The summed E-state index contributed by atoms with van der Waals surface area (Å²) >= 11 is 0. The standard InChI is InChI=1S/C13H23NO4/c1-3-5-6-9(4-2)12(16)14-8-10(15)7-11(14)13(17)18/h9-11,15H,3-8H2,1-2H3,(H,17,18)/t9?,10-,11+/m1/s1. The number of carboxylic acids is 1. The molecule has 0 aromatic rings. The number of likely N-dealkylation sites (tertiary alicyclic amines) is 1. The van der Waals surface area contributed by atoms with Gasteiger partial charge >= 0.3 is 5.97 Å². The van der Waals surface area contributed by atoms with Crippen LogP contribution in [0.15, 0.2) is 0 Å². The van der Waals surface area contributed by atoms with Crippen LogP contribution in [0.5, 0.6) is 0 Å². The van der Waals surface area contributed by atoms with Crippen molar-refractivity contribution in [1.82, 2.24) is 4.90 Å². The lowest BCUT2D eigenvalue weighted by Crippen LogP contribution is -2.43. The van der Waals surface area contributed by atoms with Gasteiger partial charge in [0.2, 0.25) is 5.91 Å². The first-order valence-corrected chi connectivity index (χ1v) is 6.72. The fourth-order valence-corrected chi connectivity index (χ4v) is 2.48. The van der Waals surface area contributed by atoms with Crippen molar-refractivity contribution in [2.75, 3.05) is 6.54 Å². The second-order valence-electron chi connectivity index (χ2n) is 4.98. The number of hydrogen-bond donors (Lipinski definition) is 2. The van der Waals surface area contributed by atoms with Gasteiger partial charge in [0.05, 0.1) is 6.10 Å². The molecule has 3 atom stereocenters. The van der Waals surface area contributed by atoms with Gasteiger partial charge in [-0.2, -0.15) is 0 Å². The number of aliphatic hydroxyl groups is 1. The van der Waals surface area contributed by atoms with Gasteiger partial charge in [-0.15, -0.1) is 0 Å². The van der Waals surface area contributed by atoms with E-state index in [0.717, 1.165) is 25.7 Å². The van der Waals surface area contributed by atoms with Crippen molar-refractivity contribution in [2.45, 2.75) is 58.1 Å². The van der Waals surface area contributed by atoms with Crippen LogP contribution in [0.1, 0.15) is 46.0 Å². The maximum Gasteiger partial charge on any atom is 0.326 e. The number of unbranched alkanes of at least 4 members (excludes halogenated alkanes) is 1. The number of aliphatic hydroxyl groups excluding tert-OH is 1. The molecule has 0 bridgehead atoms. The number of carbonyl (C=O) groups excluding carboxylic acids is 1. The highest BCUT2D eigenvalue weighted by Crippen LogP contribution is 2.24. The zero-order valence-corrected chi connectivity index (χ0v) is 11.1. The van der Waals surface area contributed by atoms with Crippen LogP contribution in [0.2, 0.25) is 0 Å². The van der Waals surface area contributed by atoms with Crippen LogP contribution in [0, 0.1) is 5.92 Å². The Hall–Kier alpha value is -1.10. The van der Waals surface area contributed by atoms with Gasteiger partial charge in [0.15, 0.2) is 0 Å². The second-order valence-corrected chi connectivity index (χ2v) is 4.98. The van der Waals surface area contributed by atoms with E-state index in [-0.39, 0.29) is 24.8 Å². The van der Waals surface area contributed by atoms with Gasteiger partial charge in [0.1, 0.15) is 6.04 Å².